The van der Waals surface area contributed by atoms with Crippen molar-refractivity contribution in [2.45, 2.75) is 31.2 Å². The number of rotatable bonds is 12. The molecule has 0 bridgehead atoms. The number of nitrogens with zero attached hydrogens (tertiary/aromatic N) is 1. The van der Waals surface area contributed by atoms with Crippen molar-refractivity contribution < 1.29 is 23.8 Å². The highest BCUT2D eigenvalue weighted by Gasteiger charge is 2.19. The molecule has 1 heterocycles. The highest BCUT2D eigenvalue weighted by molar-refractivity contribution is 7.97. The maximum atomic E-state index is 11.5. The van der Waals surface area contributed by atoms with Gasteiger partial charge in [0.05, 0.1) is 6.61 Å². The highest BCUT2D eigenvalue weighted by atomic mass is 32.2. The van der Waals surface area contributed by atoms with E-state index in [1.165, 1.54) is 11.9 Å². The van der Waals surface area contributed by atoms with Crippen LogP contribution >= 0.6 is 11.9 Å². The molecule has 0 fully saturated rings. The lowest BCUT2D eigenvalue weighted by Crippen LogP contribution is -2.33. The van der Waals surface area contributed by atoms with Gasteiger partial charge in [0, 0.05) is 41.0 Å². The number of ether oxygens (including phenoxy) is 1. The summed E-state index contributed by atoms with van der Waals surface area (Å²) in [6.45, 7) is 5.25. The van der Waals surface area contributed by atoms with Crippen LogP contribution in [0.1, 0.15) is 20.3 Å². The Balaban J connectivity index is 1.75. The fourth-order valence-corrected chi connectivity index (χ4v) is 4.11. The average molecular weight is 445 g/mol. The van der Waals surface area contributed by atoms with E-state index in [2.05, 4.69) is 4.72 Å². The number of aliphatic carboxylic acids is 1. The lowest BCUT2D eigenvalue weighted by Gasteiger charge is -2.18. The average Bonchev–Trinajstić information content (AvgIpc) is 3.10. The topological polar surface area (TPSA) is 92.0 Å². The van der Waals surface area contributed by atoms with E-state index in [1.807, 2.05) is 62.2 Å². The van der Waals surface area contributed by atoms with E-state index in [4.69, 9.17) is 9.15 Å². The fraction of sp³-hybridized carbons (Fsp3) is 0.391. The fourth-order valence-electron chi connectivity index (χ4n) is 3.32. The summed E-state index contributed by atoms with van der Waals surface area (Å²) in [4.78, 5) is 24.8. The van der Waals surface area contributed by atoms with E-state index in [9.17, 15) is 14.7 Å². The van der Waals surface area contributed by atoms with E-state index in [0.29, 0.717) is 25.5 Å². The number of fused-ring (bicyclic) bond motifs is 3. The maximum absolute atomic E-state index is 11.5. The van der Waals surface area contributed by atoms with Gasteiger partial charge in [0.2, 0.25) is 0 Å². The van der Waals surface area contributed by atoms with Gasteiger partial charge in [0.15, 0.2) is 0 Å². The summed E-state index contributed by atoms with van der Waals surface area (Å²) < 4.78 is 14.3. The highest BCUT2D eigenvalue weighted by Crippen LogP contribution is 2.33. The van der Waals surface area contributed by atoms with Crippen LogP contribution in [0.2, 0.25) is 0 Å². The molecule has 2 aromatic carbocycles. The summed E-state index contributed by atoms with van der Waals surface area (Å²) in [7, 11) is 1.96. The van der Waals surface area contributed by atoms with Crippen LogP contribution in [-0.4, -0.2) is 50.2 Å². The quantitative estimate of drug-likeness (QED) is 0.242. The summed E-state index contributed by atoms with van der Waals surface area (Å²) in [5.74, 6) is -0.553. The lowest BCUT2D eigenvalue weighted by atomic mass is 10.1. The van der Waals surface area contributed by atoms with Gasteiger partial charge in [-0.2, -0.15) is 0 Å². The van der Waals surface area contributed by atoms with Crippen molar-refractivity contribution in [2.75, 3.05) is 31.7 Å². The molecule has 0 aliphatic rings. The third-order valence-corrected chi connectivity index (χ3v) is 5.84. The molecule has 2 N–H and O–H groups in total. The zero-order valence-corrected chi connectivity index (χ0v) is 18.8. The minimum atomic E-state index is -0.843. The Labute approximate surface area is 185 Å². The number of carbonyl (C=O) groups is 2. The van der Waals surface area contributed by atoms with Crippen molar-refractivity contribution >= 4 is 51.8 Å². The van der Waals surface area contributed by atoms with Crippen molar-refractivity contribution in [1.82, 2.24) is 4.72 Å². The first-order valence-electron chi connectivity index (χ1n) is 10.2. The number of carboxylic acid groups (broad SMARTS) is 1. The van der Waals surface area contributed by atoms with Crippen LogP contribution in [0.25, 0.3) is 21.9 Å². The molecule has 0 aliphatic heterocycles. The number of anilines is 1. The Hall–Kier alpha value is -2.55. The molecule has 7 nitrogen and oxygen atoms in total. The molecule has 31 heavy (non-hydrogen) atoms. The Morgan fingerprint density at radius 3 is 2.74 bits per heavy atom. The molecule has 0 saturated heterocycles. The summed E-state index contributed by atoms with van der Waals surface area (Å²) in [5.41, 5.74) is 2.56. The molecule has 166 valence electrons. The molecule has 0 spiro atoms. The number of benzene rings is 2. The second-order valence-electron chi connectivity index (χ2n) is 7.84. The molecule has 0 saturated carbocycles. The Morgan fingerprint density at radius 2 is 2.03 bits per heavy atom. The second kappa shape index (κ2) is 10.7. The van der Waals surface area contributed by atoms with Crippen molar-refractivity contribution in [3.63, 3.8) is 0 Å². The van der Waals surface area contributed by atoms with Crippen molar-refractivity contribution in [3.8, 4) is 0 Å². The molecule has 1 aromatic heterocycles. The summed E-state index contributed by atoms with van der Waals surface area (Å²) in [6.07, 6.45) is 1.31. The molecule has 8 heteroatoms. The van der Waals surface area contributed by atoms with Gasteiger partial charge in [0.25, 0.3) is 0 Å². The van der Waals surface area contributed by atoms with Gasteiger partial charge >= 0.3 is 5.97 Å². The van der Waals surface area contributed by atoms with Crippen molar-refractivity contribution in [2.24, 2.45) is 5.92 Å². The summed E-state index contributed by atoms with van der Waals surface area (Å²) in [6, 6.07) is 11.3. The third kappa shape index (κ3) is 6.00. The number of furan rings is 1. The van der Waals surface area contributed by atoms with Gasteiger partial charge in [-0.3, -0.25) is 4.79 Å². The number of carboxylic acids is 1. The van der Waals surface area contributed by atoms with Crippen LogP contribution in [0.15, 0.2) is 45.7 Å². The number of likely N-dealkylation sites (N-methyl/N-ethyl adjacent to an activating group) is 1. The first kappa shape index (κ1) is 23.1. The maximum Gasteiger partial charge on any atom is 0.321 e. The van der Waals surface area contributed by atoms with Gasteiger partial charge in [-0.15, -0.1) is 0 Å². The van der Waals surface area contributed by atoms with Gasteiger partial charge in [-0.05, 0) is 54.6 Å². The molecule has 0 radical (unpaired) electrons. The standard InChI is InChI=1S/C23H28N2O5S/c1-15(2)12-20(23(27)28)24-31-17-5-7-21-19(14-17)18-6-4-16(13-22(18)30-21)25(3)8-10-29-11-9-26/h4-7,9,13-15,20,24H,8,10-12H2,1-3H3,(H,27,28). The number of carbonyl (C=O) groups excluding carboxylic acids is 1. The van der Waals surface area contributed by atoms with E-state index in [1.54, 1.807) is 0 Å². The Bertz CT molecular complexity index is 1050. The molecule has 1 atom stereocenters. The summed E-state index contributed by atoms with van der Waals surface area (Å²) >= 11 is 1.33. The van der Waals surface area contributed by atoms with Crippen LogP contribution in [0.3, 0.4) is 0 Å². The van der Waals surface area contributed by atoms with Crippen LogP contribution in [-0.2, 0) is 14.3 Å². The molecule has 3 aromatic rings. The molecule has 0 aliphatic carbocycles. The number of aldehydes is 1. The van der Waals surface area contributed by atoms with Gasteiger partial charge in [0.1, 0.15) is 30.1 Å². The van der Waals surface area contributed by atoms with E-state index >= 15 is 0 Å². The van der Waals surface area contributed by atoms with Crippen LogP contribution < -0.4 is 9.62 Å². The zero-order chi connectivity index (χ0) is 22.4. The van der Waals surface area contributed by atoms with Crippen molar-refractivity contribution in [1.29, 1.82) is 0 Å². The second-order valence-corrected chi connectivity index (χ2v) is 8.76. The first-order chi connectivity index (χ1) is 14.9. The van der Waals surface area contributed by atoms with E-state index in [0.717, 1.165) is 38.8 Å². The van der Waals surface area contributed by atoms with Crippen LogP contribution in [0.4, 0.5) is 5.69 Å². The Kier molecular flexibility index (Phi) is 7.95. The predicted molar refractivity (Wildman–Crippen MR) is 124 cm³/mol. The normalized spacial score (nSPS) is 12.5. The largest absolute Gasteiger partial charge is 0.480 e. The molecule has 3 rings (SSSR count). The van der Waals surface area contributed by atoms with Crippen LogP contribution in [0, 0.1) is 5.92 Å². The van der Waals surface area contributed by atoms with E-state index < -0.39 is 12.0 Å². The minimum absolute atomic E-state index is 0.107. The molecular formula is C23H28N2O5S. The lowest BCUT2D eigenvalue weighted by molar-refractivity contribution is -0.139. The smallest absolute Gasteiger partial charge is 0.321 e. The van der Waals surface area contributed by atoms with Gasteiger partial charge in [-0.25, -0.2) is 4.72 Å². The Morgan fingerprint density at radius 1 is 1.23 bits per heavy atom. The summed E-state index contributed by atoms with van der Waals surface area (Å²) in [5, 5.41) is 11.4. The molecule has 1 unspecified atom stereocenters. The van der Waals surface area contributed by atoms with Gasteiger partial charge < -0.3 is 24.0 Å². The third-order valence-electron chi connectivity index (χ3n) is 4.95. The predicted octanol–water partition coefficient (Wildman–Crippen LogP) is 4.33. The SMILES string of the molecule is CC(C)CC(NSc1ccc2oc3cc(N(C)CCOCC=O)ccc3c2c1)C(=O)O. The van der Waals surface area contributed by atoms with E-state index in [-0.39, 0.29) is 6.61 Å². The number of hydrogen-bond donors (Lipinski definition) is 2. The van der Waals surface area contributed by atoms with Crippen molar-refractivity contribution in [3.05, 3.63) is 36.4 Å². The monoisotopic (exact) mass is 444 g/mol. The number of nitrogens with one attached hydrogen (secondary N) is 1. The number of hydrogen-bond acceptors (Lipinski definition) is 7. The molecular weight excluding hydrogens is 416 g/mol. The van der Waals surface area contributed by atoms with Crippen LogP contribution in [0.5, 0.6) is 0 Å². The minimum Gasteiger partial charge on any atom is -0.480 e. The zero-order valence-electron chi connectivity index (χ0n) is 18.0. The van der Waals surface area contributed by atoms with Gasteiger partial charge in [-0.1, -0.05) is 13.8 Å². The first-order valence-corrected chi connectivity index (χ1v) is 11.0. The molecule has 0 amide bonds.